The minimum Gasteiger partial charge on any atom is -0.550 e. The van der Waals surface area contributed by atoms with E-state index in [4.69, 9.17) is 0 Å². The van der Waals surface area contributed by atoms with Crippen LogP contribution in [-0.2, 0) is 4.79 Å². The van der Waals surface area contributed by atoms with Crippen LogP contribution in [-0.4, -0.2) is 5.97 Å². The van der Waals surface area contributed by atoms with Gasteiger partial charge in [0.05, 0.1) is 0 Å². The lowest BCUT2D eigenvalue weighted by molar-refractivity contribution is -0.305. The molecule has 0 aromatic carbocycles. The summed E-state index contributed by atoms with van der Waals surface area (Å²) in [5.41, 5.74) is 0. The highest BCUT2D eigenvalue weighted by atomic mass is 16.4. The monoisotopic (exact) mass is 197 g/mol. The van der Waals surface area contributed by atoms with E-state index in [-0.39, 0.29) is 6.42 Å². The predicted octanol–water partition coefficient (Wildman–Crippen LogP) is 2.43. The van der Waals surface area contributed by atoms with E-state index < -0.39 is 5.97 Å². The summed E-state index contributed by atoms with van der Waals surface area (Å²) in [6.45, 7) is 2.20. The molecule has 82 valence electrons. The van der Waals surface area contributed by atoms with Gasteiger partial charge in [-0.05, 0) is 32.1 Å². The summed E-state index contributed by atoms with van der Waals surface area (Å²) in [4.78, 5) is 10.1. The fraction of sp³-hybridized carbons (Fsp3) is 0.750. The van der Waals surface area contributed by atoms with Crippen LogP contribution >= 0.6 is 0 Å². The number of carbonyl (C=O) groups excluding carboxylic acids is 1. The molecule has 0 rings (SSSR count). The SMILES string of the molecule is CCCCCCC=CCCCC(=O)[O-]. The summed E-state index contributed by atoms with van der Waals surface area (Å²) in [5.74, 6) is -0.943. The number of aliphatic carboxylic acids is 1. The van der Waals surface area contributed by atoms with Crippen molar-refractivity contribution >= 4 is 5.97 Å². The Morgan fingerprint density at radius 3 is 2.29 bits per heavy atom. The minimum absolute atomic E-state index is 0.181. The Labute approximate surface area is 87.0 Å². The molecular formula is C12H21O2-. The molecule has 0 aromatic heterocycles. The molecule has 0 aliphatic heterocycles. The molecule has 0 atom stereocenters. The van der Waals surface area contributed by atoms with Crippen molar-refractivity contribution in [1.29, 1.82) is 0 Å². The van der Waals surface area contributed by atoms with Crippen LogP contribution in [0.3, 0.4) is 0 Å². The van der Waals surface area contributed by atoms with Crippen molar-refractivity contribution in [2.75, 3.05) is 0 Å². The molecule has 2 heteroatoms. The number of carbonyl (C=O) groups is 1. The Morgan fingerprint density at radius 1 is 1.07 bits per heavy atom. The summed E-state index contributed by atoms with van der Waals surface area (Å²) in [6.07, 6.45) is 12.3. The Balaban J connectivity index is 3.07. The van der Waals surface area contributed by atoms with Gasteiger partial charge in [0.15, 0.2) is 0 Å². The largest absolute Gasteiger partial charge is 0.550 e. The number of carboxylic acids is 1. The zero-order valence-electron chi connectivity index (χ0n) is 9.13. The van der Waals surface area contributed by atoms with Crippen LogP contribution in [0.15, 0.2) is 12.2 Å². The van der Waals surface area contributed by atoms with Crippen LogP contribution in [0.2, 0.25) is 0 Å². The first kappa shape index (κ1) is 13.2. The maximum atomic E-state index is 10.1. The van der Waals surface area contributed by atoms with Crippen molar-refractivity contribution in [2.24, 2.45) is 0 Å². The molecular weight excluding hydrogens is 176 g/mol. The maximum absolute atomic E-state index is 10.1. The average molecular weight is 197 g/mol. The highest BCUT2D eigenvalue weighted by molar-refractivity contribution is 5.64. The number of allylic oxidation sites excluding steroid dienone is 2. The summed E-state index contributed by atoms with van der Waals surface area (Å²) < 4.78 is 0. The zero-order valence-corrected chi connectivity index (χ0v) is 9.13. The molecule has 0 heterocycles. The lowest BCUT2D eigenvalue weighted by Gasteiger charge is -1.98. The quantitative estimate of drug-likeness (QED) is 0.420. The van der Waals surface area contributed by atoms with Crippen molar-refractivity contribution in [3.05, 3.63) is 12.2 Å². The van der Waals surface area contributed by atoms with Gasteiger partial charge >= 0.3 is 0 Å². The van der Waals surface area contributed by atoms with E-state index in [9.17, 15) is 9.90 Å². The molecule has 0 aliphatic rings. The topological polar surface area (TPSA) is 40.1 Å². The predicted molar refractivity (Wildman–Crippen MR) is 56.8 cm³/mol. The first-order valence-electron chi connectivity index (χ1n) is 5.62. The van der Waals surface area contributed by atoms with Crippen molar-refractivity contribution in [2.45, 2.75) is 58.3 Å². The van der Waals surface area contributed by atoms with E-state index in [1.807, 2.05) is 0 Å². The van der Waals surface area contributed by atoms with Crippen molar-refractivity contribution in [3.63, 3.8) is 0 Å². The standard InChI is InChI=1S/C12H22O2/c1-2-3-4-5-6-7-8-9-10-11-12(13)14/h7-8H,2-6,9-11H2,1H3,(H,13,14)/p-1. The fourth-order valence-electron chi connectivity index (χ4n) is 1.29. The van der Waals surface area contributed by atoms with Crippen LogP contribution < -0.4 is 5.11 Å². The minimum atomic E-state index is -0.943. The van der Waals surface area contributed by atoms with Crippen LogP contribution in [0, 0.1) is 0 Å². The van der Waals surface area contributed by atoms with E-state index >= 15 is 0 Å². The molecule has 0 amide bonds. The molecule has 0 saturated heterocycles. The first-order valence-corrected chi connectivity index (χ1v) is 5.62. The van der Waals surface area contributed by atoms with Crippen LogP contribution in [0.4, 0.5) is 0 Å². The highest BCUT2D eigenvalue weighted by Gasteiger charge is 1.86. The van der Waals surface area contributed by atoms with E-state index in [0.29, 0.717) is 6.42 Å². The van der Waals surface area contributed by atoms with Gasteiger partial charge < -0.3 is 9.90 Å². The number of carboxylic acid groups (broad SMARTS) is 1. The first-order chi connectivity index (χ1) is 6.77. The summed E-state index contributed by atoms with van der Waals surface area (Å²) in [7, 11) is 0. The molecule has 0 N–H and O–H groups in total. The van der Waals surface area contributed by atoms with Gasteiger partial charge in [0.2, 0.25) is 0 Å². The summed E-state index contributed by atoms with van der Waals surface area (Å²) in [5, 5.41) is 10.1. The lowest BCUT2D eigenvalue weighted by atomic mass is 10.1. The van der Waals surface area contributed by atoms with E-state index in [1.165, 1.54) is 25.7 Å². The van der Waals surface area contributed by atoms with E-state index in [0.717, 1.165) is 12.8 Å². The third-order valence-electron chi connectivity index (χ3n) is 2.14. The maximum Gasteiger partial charge on any atom is 0.0414 e. The third kappa shape index (κ3) is 11.2. The Bertz CT molecular complexity index is 162. The second kappa shape index (κ2) is 10.3. The smallest absolute Gasteiger partial charge is 0.0414 e. The number of unbranched alkanes of at least 4 members (excludes halogenated alkanes) is 5. The number of hydrogen-bond donors (Lipinski definition) is 0. The van der Waals surface area contributed by atoms with Crippen LogP contribution in [0.25, 0.3) is 0 Å². The molecule has 0 fully saturated rings. The molecule has 0 radical (unpaired) electrons. The molecule has 0 saturated carbocycles. The van der Waals surface area contributed by atoms with Gasteiger partial charge in [0.1, 0.15) is 0 Å². The van der Waals surface area contributed by atoms with Crippen molar-refractivity contribution < 1.29 is 9.90 Å². The molecule has 2 nitrogen and oxygen atoms in total. The van der Waals surface area contributed by atoms with Gasteiger partial charge in [-0.2, -0.15) is 0 Å². The van der Waals surface area contributed by atoms with Gasteiger partial charge in [0.25, 0.3) is 0 Å². The molecule has 14 heavy (non-hydrogen) atoms. The molecule has 0 bridgehead atoms. The fourth-order valence-corrected chi connectivity index (χ4v) is 1.29. The van der Waals surface area contributed by atoms with Gasteiger partial charge in [0, 0.05) is 5.97 Å². The van der Waals surface area contributed by atoms with Crippen LogP contribution in [0.1, 0.15) is 58.3 Å². The molecule has 0 aliphatic carbocycles. The second-order valence-corrected chi connectivity index (χ2v) is 3.58. The normalized spacial score (nSPS) is 10.9. The zero-order chi connectivity index (χ0) is 10.6. The van der Waals surface area contributed by atoms with E-state index in [1.54, 1.807) is 0 Å². The third-order valence-corrected chi connectivity index (χ3v) is 2.14. The van der Waals surface area contributed by atoms with Gasteiger partial charge in [-0.15, -0.1) is 0 Å². The second-order valence-electron chi connectivity index (χ2n) is 3.58. The Kier molecular flexibility index (Phi) is 9.71. The van der Waals surface area contributed by atoms with Crippen molar-refractivity contribution in [1.82, 2.24) is 0 Å². The average Bonchev–Trinajstić information content (AvgIpc) is 2.15. The van der Waals surface area contributed by atoms with Gasteiger partial charge in [-0.25, -0.2) is 0 Å². The lowest BCUT2D eigenvalue weighted by Crippen LogP contribution is -2.21. The van der Waals surface area contributed by atoms with Crippen molar-refractivity contribution in [3.8, 4) is 0 Å². The number of rotatable bonds is 9. The Morgan fingerprint density at radius 2 is 1.71 bits per heavy atom. The summed E-state index contributed by atoms with van der Waals surface area (Å²) >= 11 is 0. The van der Waals surface area contributed by atoms with E-state index in [2.05, 4.69) is 19.1 Å². The molecule has 0 unspecified atom stereocenters. The van der Waals surface area contributed by atoms with Crippen LogP contribution in [0.5, 0.6) is 0 Å². The number of hydrogen-bond acceptors (Lipinski definition) is 2. The van der Waals surface area contributed by atoms with Gasteiger partial charge in [-0.3, -0.25) is 0 Å². The Hall–Kier alpha value is -0.790. The molecule has 0 spiro atoms. The highest BCUT2D eigenvalue weighted by Crippen LogP contribution is 2.04. The summed E-state index contributed by atoms with van der Waals surface area (Å²) in [6, 6.07) is 0. The van der Waals surface area contributed by atoms with Gasteiger partial charge in [-0.1, -0.05) is 38.3 Å². The molecule has 0 aromatic rings.